The molecule has 0 radical (unpaired) electrons. The van der Waals surface area contributed by atoms with Crippen molar-refractivity contribution in [2.24, 2.45) is 0 Å². The number of carbonyl (C=O) groups excluding carboxylic acids is 3. The summed E-state index contributed by atoms with van der Waals surface area (Å²) in [5.74, 6) is 0.226. The minimum Gasteiger partial charge on any atom is -0.374 e. The molecule has 2 bridgehead atoms. The van der Waals surface area contributed by atoms with E-state index in [-0.39, 0.29) is 23.8 Å². The number of carbonyl (C=O) groups is 3. The molecule has 4 aliphatic rings. The Morgan fingerprint density at radius 2 is 1.56 bits per heavy atom. The van der Waals surface area contributed by atoms with Crippen molar-refractivity contribution < 1.29 is 23.9 Å². The van der Waals surface area contributed by atoms with E-state index >= 15 is 0 Å². The molecule has 3 N–H and O–H groups in total. The number of benzene rings is 6. The zero-order valence-corrected chi connectivity index (χ0v) is 45.3. The Morgan fingerprint density at radius 1 is 0.825 bits per heavy atom. The Balaban J connectivity index is 0.000000153. The molecule has 10 aromatic rings. The number of anilines is 3. The van der Waals surface area contributed by atoms with Crippen LogP contribution < -0.4 is 16.0 Å². The number of ether oxygens (including phenoxy) is 2. The van der Waals surface area contributed by atoms with Crippen LogP contribution in [0.15, 0.2) is 158 Å². The Morgan fingerprint density at radius 3 is 2.31 bits per heavy atom. The molecule has 6 aromatic carbocycles. The highest BCUT2D eigenvalue weighted by Gasteiger charge is 2.55. The van der Waals surface area contributed by atoms with Crippen molar-refractivity contribution in [1.29, 1.82) is 0 Å². The average Bonchev–Trinajstić information content (AvgIpc) is 4.00. The number of aryl methyl sites for hydroxylation is 1. The van der Waals surface area contributed by atoms with Gasteiger partial charge >= 0.3 is 0 Å². The quantitative estimate of drug-likeness (QED) is 0.119. The SMILES string of the molecule is CO[C@@H]1[C@H](N(C)C(=O)c2ccccc2)C[C@H]2O[C@]1(C)n1c3ccccc3c3c4c(c5c6ccccc6n2c5c31)C(=O)NC4.Cc1ccc(NC(=O)c2ccc(CN3CCN(C)CC3)cc2)cc1Nc1nccc(-c2cccnc2)n1. The molecule has 0 aliphatic carbocycles. The third kappa shape index (κ3) is 8.71. The molecule has 14 rings (SSSR count). The first-order chi connectivity index (χ1) is 39.0. The van der Waals surface area contributed by atoms with Crippen molar-refractivity contribution in [2.45, 2.75) is 57.5 Å². The molecule has 402 valence electrons. The second kappa shape index (κ2) is 20.5. The molecule has 4 aliphatic heterocycles. The molecule has 16 heteroatoms. The third-order valence-corrected chi connectivity index (χ3v) is 16.6. The van der Waals surface area contributed by atoms with Crippen molar-refractivity contribution in [2.75, 3.05) is 58.0 Å². The standard InChI is InChI=1S/C35H30N4O4.C29H31N7O/c1-35-32(42-3)25(37(2)34(41)19-11-5-4-6-12-19)17-26(43-35)38-23-15-9-7-13-20(23)28-29-22(18-36-33(29)40)27-21-14-8-10-16-24(21)39(35)31(27)30(28)38;1-21-5-10-25(18-27(21)34-29-31-13-11-26(33-29)24-4-3-12-30-19-24)32-28(37)23-8-6-22(7-9-23)20-36-16-14-35(2)15-17-36/h4-16,25-26,32H,17-18H2,1-3H3,(H,36,40);3-13,18-19H,14-17,20H2,1-2H3,(H,32,37)(H,31,33,34)/t25-,26-,32-,35+;/m1./s1. The monoisotopic (exact) mass is 1060 g/mol. The van der Waals surface area contributed by atoms with Crippen LogP contribution in [0, 0.1) is 6.92 Å². The van der Waals surface area contributed by atoms with Crippen molar-refractivity contribution in [3.63, 3.8) is 0 Å². The van der Waals surface area contributed by atoms with E-state index in [4.69, 9.17) is 9.47 Å². The van der Waals surface area contributed by atoms with Crippen LogP contribution in [0.4, 0.5) is 17.3 Å². The molecule has 2 fully saturated rings. The zero-order valence-electron chi connectivity index (χ0n) is 45.3. The number of para-hydroxylation sites is 2. The summed E-state index contributed by atoms with van der Waals surface area (Å²) in [4.78, 5) is 60.1. The summed E-state index contributed by atoms with van der Waals surface area (Å²) >= 11 is 0. The van der Waals surface area contributed by atoms with Gasteiger partial charge in [-0.25, -0.2) is 9.97 Å². The third-order valence-electron chi connectivity index (χ3n) is 16.6. The lowest BCUT2D eigenvalue weighted by Crippen LogP contribution is -2.61. The fraction of sp³-hybridized carbons (Fsp3) is 0.250. The van der Waals surface area contributed by atoms with Gasteiger partial charge in [-0.1, -0.05) is 72.8 Å². The number of methoxy groups -OCH3 is 1. The van der Waals surface area contributed by atoms with Gasteiger partial charge in [-0.05, 0) is 104 Å². The second-order valence-electron chi connectivity index (χ2n) is 21.5. The maximum Gasteiger partial charge on any atom is 0.255 e. The number of aromatic nitrogens is 5. The predicted molar refractivity (Wildman–Crippen MR) is 312 cm³/mol. The number of fused-ring (bicyclic) bond motifs is 13. The molecule has 80 heavy (non-hydrogen) atoms. The van der Waals surface area contributed by atoms with E-state index in [0.717, 1.165) is 110 Å². The van der Waals surface area contributed by atoms with Crippen LogP contribution in [0.1, 0.15) is 67.3 Å². The molecule has 0 unspecified atom stereocenters. The van der Waals surface area contributed by atoms with Crippen LogP contribution in [0.5, 0.6) is 0 Å². The van der Waals surface area contributed by atoms with Crippen molar-refractivity contribution in [1.82, 2.24) is 44.1 Å². The van der Waals surface area contributed by atoms with Gasteiger partial charge in [0.1, 0.15) is 12.3 Å². The van der Waals surface area contributed by atoms with Gasteiger partial charge in [-0.2, -0.15) is 0 Å². The van der Waals surface area contributed by atoms with Crippen molar-refractivity contribution in [3.8, 4) is 11.3 Å². The lowest BCUT2D eigenvalue weighted by molar-refractivity contribution is -0.264. The number of nitrogens with one attached hydrogen (secondary N) is 3. The van der Waals surface area contributed by atoms with E-state index in [1.54, 1.807) is 25.7 Å². The minimum absolute atomic E-state index is 0.0446. The number of pyridine rings is 1. The van der Waals surface area contributed by atoms with Gasteiger partial charge in [-0.15, -0.1) is 0 Å². The number of nitrogens with zero attached hydrogens (tertiary/aromatic N) is 8. The van der Waals surface area contributed by atoms with Gasteiger partial charge in [-0.3, -0.25) is 24.3 Å². The van der Waals surface area contributed by atoms with Gasteiger partial charge < -0.3 is 44.4 Å². The van der Waals surface area contributed by atoms with Crippen LogP contribution in [0.2, 0.25) is 0 Å². The number of piperazine rings is 1. The number of rotatable bonds is 10. The molecule has 3 amide bonds. The first-order valence-electron chi connectivity index (χ1n) is 27.2. The lowest BCUT2D eigenvalue weighted by Gasteiger charge is -2.50. The van der Waals surface area contributed by atoms with Crippen molar-refractivity contribution >= 4 is 78.7 Å². The number of hydrogen-bond acceptors (Lipinski definition) is 11. The van der Waals surface area contributed by atoms with Crippen LogP contribution in [0.25, 0.3) is 54.9 Å². The number of hydrogen-bond donors (Lipinski definition) is 3. The molecular weight excluding hydrogens is 1000 g/mol. The molecular formula is C64H61N11O5. The fourth-order valence-electron chi connectivity index (χ4n) is 12.6. The highest BCUT2D eigenvalue weighted by molar-refractivity contribution is 6.31. The van der Waals surface area contributed by atoms with Crippen LogP contribution in [-0.4, -0.2) is 116 Å². The van der Waals surface area contributed by atoms with E-state index in [0.29, 0.717) is 35.7 Å². The Labute approximate surface area is 462 Å². The Bertz CT molecular complexity index is 4040. The molecule has 8 heterocycles. The zero-order chi connectivity index (χ0) is 54.8. The minimum atomic E-state index is -0.980. The smallest absolute Gasteiger partial charge is 0.255 e. The van der Waals surface area contributed by atoms with E-state index in [1.807, 2.05) is 134 Å². The Hall–Kier alpha value is -8.80. The maximum atomic E-state index is 13.9. The second-order valence-corrected chi connectivity index (χ2v) is 21.5. The summed E-state index contributed by atoms with van der Waals surface area (Å²) in [5.41, 5.74) is 11.5. The summed E-state index contributed by atoms with van der Waals surface area (Å²) in [6, 6.07) is 45.0. The topological polar surface area (TPSA) is 164 Å². The summed E-state index contributed by atoms with van der Waals surface area (Å²) in [6.07, 6.45) is 4.83. The summed E-state index contributed by atoms with van der Waals surface area (Å²) < 4.78 is 18.1. The molecule has 0 spiro atoms. The fourth-order valence-corrected chi connectivity index (χ4v) is 12.6. The van der Waals surface area contributed by atoms with Gasteiger partial charge in [0.15, 0.2) is 5.72 Å². The van der Waals surface area contributed by atoms with Crippen LogP contribution >= 0.6 is 0 Å². The molecule has 2 saturated heterocycles. The van der Waals surface area contributed by atoms with Gasteiger partial charge in [0, 0.05) is 128 Å². The van der Waals surface area contributed by atoms with Gasteiger partial charge in [0.25, 0.3) is 17.7 Å². The normalized spacial score (nSPS) is 19.6. The maximum absolute atomic E-state index is 13.9. The lowest BCUT2D eigenvalue weighted by atomic mass is 9.91. The number of amides is 3. The van der Waals surface area contributed by atoms with E-state index in [9.17, 15) is 14.4 Å². The molecule has 4 atom stereocenters. The molecule has 0 saturated carbocycles. The van der Waals surface area contributed by atoms with Crippen molar-refractivity contribution in [3.05, 3.63) is 191 Å². The van der Waals surface area contributed by atoms with E-state index in [2.05, 4.69) is 88.1 Å². The van der Waals surface area contributed by atoms with Gasteiger partial charge in [0.05, 0.1) is 39.4 Å². The molecule has 16 nitrogen and oxygen atoms in total. The highest BCUT2D eigenvalue weighted by atomic mass is 16.6. The largest absolute Gasteiger partial charge is 0.374 e. The summed E-state index contributed by atoms with van der Waals surface area (Å²) in [7, 11) is 5.73. The highest BCUT2D eigenvalue weighted by Crippen LogP contribution is 2.54. The summed E-state index contributed by atoms with van der Waals surface area (Å²) in [5, 5.41) is 13.5. The Kier molecular flexibility index (Phi) is 13.0. The first kappa shape index (κ1) is 50.7. The van der Waals surface area contributed by atoms with Crippen LogP contribution in [-0.2, 0) is 28.3 Å². The predicted octanol–water partition coefficient (Wildman–Crippen LogP) is 10.5. The van der Waals surface area contributed by atoms with E-state index in [1.165, 1.54) is 5.56 Å². The number of likely N-dealkylation sites (N-methyl/N-ethyl adjacent to an activating group) is 2. The molecule has 4 aromatic heterocycles. The van der Waals surface area contributed by atoms with Gasteiger partial charge in [0.2, 0.25) is 5.95 Å². The van der Waals surface area contributed by atoms with E-state index < -0.39 is 18.1 Å². The average molecular weight is 1060 g/mol. The van der Waals surface area contributed by atoms with Crippen LogP contribution in [0.3, 0.4) is 0 Å². The summed E-state index contributed by atoms with van der Waals surface area (Å²) in [6.45, 7) is 9.79. The first-order valence-corrected chi connectivity index (χ1v) is 27.2.